The van der Waals surface area contributed by atoms with Gasteiger partial charge in [-0.1, -0.05) is 19.3 Å². The van der Waals surface area contributed by atoms with Gasteiger partial charge in [0.1, 0.15) is 0 Å². The summed E-state index contributed by atoms with van der Waals surface area (Å²) in [6, 6.07) is 0. The molecule has 0 spiro atoms. The fraction of sp³-hybridized carbons (Fsp3) is 0.500. The van der Waals surface area contributed by atoms with E-state index in [0.717, 1.165) is 19.3 Å². The van der Waals surface area contributed by atoms with Gasteiger partial charge in [-0.15, -0.1) is 12.6 Å². The minimum Gasteiger partial charge on any atom is -0.203 e. The number of hydrogen-bond donors (Lipinski definition) is 1. The average Bonchev–Trinajstić information content (AvgIpc) is 2.36. The first-order valence-electron chi connectivity index (χ1n) is 5.58. The molecule has 0 N–H and O–H groups in total. The standard InChI is InChI=1S/C12H12F4S/c13-8-7(6-4-2-1-3-5-6)9(14)11(16)12(17)10(8)15/h6,17H,1-5H2. The topological polar surface area (TPSA) is 0 Å². The minimum absolute atomic E-state index is 0.429. The Morgan fingerprint density at radius 3 is 1.71 bits per heavy atom. The summed E-state index contributed by atoms with van der Waals surface area (Å²) < 4.78 is 54.0. The Bertz CT molecular complexity index is 410. The number of benzene rings is 1. The molecule has 1 aliphatic rings. The van der Waals surface area contributed by atoms with Gasteiger partial charge in [0.15, 0.2) is 23.3 Å². The zero-order valence-corrected chi connectivity index (χ0v) is 9.97. The smallest absolute Gasteiger partial charge is 0.175 e. The van der Waals surface area contributed by atoms with Crippen molar-refractivity contribution in [3.05, 3.63) is 28.8 Å². The van der Waals surface area contributed by atoms with E-state index in [-0.39, 0.29) is 0 Å². The molecule has 0 aliphatic heterocycles. The lowest BCUT2D eigenvalue weighted by atomic mass is 9.83. The van der Waals surface area contributed by atoms with Crippen molar-refractivity contribution in [2.24, 2.45) is 0 Å². The van der Waals surface area contributed by atoms with Crippen LogP contribution >= 0.6 is 12.6 Å². The van der Waals surface area contributed by atoms with E-state index in [4.69, 9.17) is 0 Å². The summed E-state index contributed by atoms with van der Waals surface area (Å²) in [7, 11) is 0. The second kappa shape index (κ2) is 4.88. The van der Waals surface area contributed by atoms with Crippen LogP contribution in [-0.2, 0) is 0 Å². The van der Waals surface area contributed by atoms with E-state index in [2.05, 4.69) is 12.6 Å². The molecule has 0 atom stereocenters. The normalized spacial score (nSPS) is 17.5. The van der Waals surface area contributed by atoms with Crippen molar-refractivity contribution in [1.82, 2.24) is 0 Å². The van der Waals surface area contributed by atoms with Gasteiger partial charge in [0, 0.05) is 5.56 Å². The molecule has 1 fully saturated rings. The third kappa shape index (κ3) is 2.17. The lowest BCUT2D eigenvalue weighted by molar-refractivity contribution is 0.370. The second-order valence-corrected chi connectivity index (χ2v) is 4.80. The minimum atomic E-state index is -1.40. The highest BCUT2D eigenvalue weighted by atomic mass is 32.1. The molecular formula is C12H12F4S. The fourth-order valence-electron chi connectivity index (χ4n) is 2.39. The lowest BCUT2D eigenvalue weighted by Crippen LogP contribution is -2.12. The highest BCUT2D eigenvalue weighted by molar-refractivity contribution is 7.80. The number of thiol groups is 1. The van der Waals surface area contributed by atoms with Crippen molar-refractivity contribution < 1.29 is 17.6 Å². The fourth-order valence-corrected chi connectivity index (χ4v) is 2.58. The molecule has 1 aromatic carbocycles. The van der Waals surface area contributed by atoms with Gasteiger partial charge >= 0.3 is 0 Å². The van der Waals surface area contributed by atoms with Crippen molar-refractivity contribution in [3.63, 3.8) is 0 Å². The van der Waals surface area contributed by atoms with Crippen molar-refractivity contribution in [2.45, 2.75) is 42.9 Å². The van der Waals surface area contributed by atoms with Crippen LogP contribution in [0.15, 0.2) is 4.90 Å². The predicted octanol–water partition coefficient (Wildman–Crippen LogP) is 4.58. The lowest BCUT2D eigenvalue weighted by Gasteiger charge is -2.23. The highest BCUT2D eigenvalue weighted by Gasteiger charge is 2.29. The molecule has 94 valence electrons. The summed E-state index contributed by atoms with van der Waals surface area (Å²) in [4.78, 5) is -0.889. The summed E-state index contributed by atoms with van der Waals surface area (Å²) >= 11 is 3.43. The van der Waals surface area contributed by atoms with Gasteiger partial charge in [-0.25, -0.2) is 17.6 Å². The molecule has 0 amide bonds. The predicted molar refractivity (Wildman–Crippen MR) is 59.4 cm³/mol. The Labute approximate surface area is 102 Å². The number of halogens is 4. The van der Waals surface area contributed by atoms with Gasteiger partial charge in [-0.2, -0.15) is 0 Å². The van der Waals surface area contributed by atoms with E-state index in [9.17, 15) is 17.6 Å². The first kappa shape index (κ1) is 12.7. The van der Waals surface area contributed by atoms with Crippen molar-refractivity contribution >= 4 is 12.6 Å². The zero-order chi connectivity index (χ0) is 12.6. The molecule has 0 nitrogen and oxygen atoms in total. The maximum absolute atomic E-state index is 13.7. The van der Waals surface area contributed by atoms with Gasteiger partial charge in [0.2, 0.25) is 0 Å². The van der Waals surface area contributed by atoms with Crippen LogP contribution < -0.4 is 0 Å². The highest BCUT2D eigenvalue weighted by Crippen LogP contribution is 2.38. The molecule has 0 saturated heterocycles. The Balaban J connectivity index is 2.52. The average molecular weight is 264 g/mol. The van der Waals surface area contributed by atoms with Crippen LogP contribution in [0.4, 0.5) is 17.6 Å². The molecule has 1 saturated carbocycles. The van der Waals surface area contributed by atoms with Crippen LogP contribution in [0.3, 0.4) is 0 Å². The van der Waals surface area contributed by atoms with Crippen LogP contribution in [-0.4, -0.2) is 0 Å². The van der Waals surface area contributed by atoms with E-state index in [1.165, 1.54) is 0 Å². The van der Waals surface area contributed by atoms with Crippen LogP contribution in [0.2, 0.25) is 0 Å². The van der Waals surface area contributed by atoms with Gasteiger partial charge in [-0.3, -0.25) is 0 Å². The molecule has 0 heterocycles. The van der Waals surface area contributed by atoms with Crippen molar-refractivity contribution in [1.29, 1.82) is 0 Å². The van der Waals surface area contributed by atoms with E-state index >= 15 is 0 Å². The summed E-state index contributed by atoms with van der Waals surface area (Å²) in [6.45, 7) is 0. The summed E-state index contributed by atoms with van der Waals surface area (Å²) in [5, 5.41) is 0. The van der Waals surface area contributed by atoms with Gasteiger partial charge in [0.05, 0.1) is 4.90 Å². The Hall–Kier alpha value is -0.710. The molecule has 0 unspecified atom stereocenters. The maximum Gasteiger partial charge on any atom is 0.175 e. The monoisotopic (exact) mass is 264 g/mol. The zero-order valence-electron chi connectivity index (χ0n) is 9.07. The van der Waals surface area contributed by atoms with Gasteiger partial charge < -0.3 is 0 Å². The summed E-state index contributed by atoms with van der Waals surface area (Å²) in [5.74, 6) is -5.80. The van der Waals surface area contributed by atoms with E-state index in [0.29, 0.717) is 12.8 Å². The molecule has 0 bridgehead atoms. The second-order valence-electron chi connectivity index (χ2n) is 4.35. The Kier molecular flexibility index (Phi) is 3.66. The SMILES string of the molecule is Fc1c(F)c(C2CCCCC2)c(F)c(F)c1S. The number of rotatable bonds is 1. The van der Waals surface area contributed by atoms with Crippen LogP contribution in [0.5, 0.6) is 0 Å². The van der Waals surface area contributed by atoms with Crippen LogP contribution in [0, 0.1) is 23.3 Å². The Morgan fingerprint density at radius 2 is 1.24 bits per heavy atom. The van der Waals surface area contributed by atoms with Crippen molar-refractivity contribution in [3.8, 4) is 0 Å². The summed E-state index contributed by atoms with van der Waals surface area (Å²) in [5.41, 5.74) is -0.447. The van der Waals surface area contributed by atoms with Crippen LogP contribution in [0.25, 0.3) is 0 Å². The molecular weight excluding hydrogens is 252 g/mol. The van der Waals surface area contributed by atoms with Crippen LogP contribution in [0.1, 0.15) is 43.6 Å². The molecule has 1 aliphatic carbocycles. The molecule has 0 aromatic heterocycles. The molecule has 17 heavy (non-hydrogen) atoms. The van der Waals surface area contributed by atoms with E-state index in [1.807, 2.05) is 0 Å². The third-order valence-electron chi connectivity index (χ3n) is 3.29. The molecule has 0 radical (unpaired) electrons. The first-order valence-corrected chi connectivity index (χ1v) is 6.03. The van der Waals surface area contributed by atoms with Gasteiger partial charge in [0.25, 0.3) is 0 Å². The largest absolute Gasteiger partial charge is 0.203 e. The number of hydrogen-bond acceptors (Lipinski definition) is 1. The first-order chi connectivity index (χ1) is 8.04. The van der Waals surface area contributed by atoms with Gasteiger partial charge in [-0.05, 0) is 18.8 Å². The van der Waals surface area contributed by atoms with E-state index < -0.39 is 39.6 Å². The summed E-state index contributed by atoms with van der Waals surface area (Å²) in [6.07, 6.45) is 3.79. The Morgan fingerprint density at radius 1 is 0.765 bits per heavy atom. The maximum atomic E-state index is 13.7. The molecule has 5 heteroatoms. The third-order valence-corrected chi connectivity index (χ3v) is 3.68. The van der Waals surface area contributed by atoms with E-state index in [1.54, 1.807) is 0 Å². The quantitative estimate of drug-likeness (QED) is 0.428. The molecule has 2 rings (SSSR count). The van der Waals surface area contributed by atoms with Crippen molar-refractivity contribution in [2.75, 3.05) is 0 Å². The molecule has 1 aromatic rings.